The van der Waals surface area contributed by atoms with Crippen LogP contribution in [0.2, 0.25) is 0 Å². The molecular formula is C15H12INS. The van der Waals surface area contributed by atoms with E-state index < -0.39 is 0 Å². The van der Waals surface area contributed by atoms with Gasteiger partial charge in [-0.15, -0.1) is 0 Å². The van der Waals surface area contributed by atoms with E-state index in [1.165, 1.54) is 13.4 Å². The molecule has 0 atom stereocenters. The molecule has 2 aromatic carbocycles. The summed E-state index contributed by atoms with van der Waals surface area (Å²) in [7, 11) is 0. The van der Waals surface area contributed by atoms with E-state index in [-0.39, 0.29) is 0 Å². The van der Waals surface area contributed by atoms with Crippen molar-refractivity contribution in [3.05, 3.63) is 57.2 Å². The molecule has 0 aliphatic heterocycles. The van der Waals surface area contributed by atoms with Crippen LogP contribution in [-0.4, -0.2) is 0 Å². The van der Waals surface area contributed by atoms with Gasteiger partial charge in [-0.25, -0.2) is 0 Å². The van der Waals surface area contributed by atoms with Gasteiger partial charge in [-0.3, -0.25) is 0 Å². The smallest absolute Gasteiger partial charge is 0.0994 e. The van der Waals surface area contributed by atoms with Crippen molar-refractivity contribution < 1.29 is 0 Å². The Morgan fingerprint density at radius 1 is 1.11 bits per heavy atom. The van der Waals surface area contributed by atoms with Gasteiger partial charge in [-0.2, -0.15) is 5.26 Å². The molecule has 0 radical (unpaired) electrons. The minimum Gasteiger partial charge on any atom is -0.192 e. The zero-order valence-electron chi connectivity index (χ0n) is 9.98. The highest BCUT2D eigenvalue weighted by molar-refractivity contribution is 14.1. The number of hydrogen-bond acceptors (Lipinski definition) is 2. The molecule has 0 aromatic heterocycles. The molecule has 0 amide bonds. The van der Waals surface area contributed by atoms with E-state index in [9.17, 15) is 0 Å². The van der Waals surface area contributed by atoms with Crippen molar-refractivity contribution in [3.8, 4) is 6.07 Å². The lowest BCUT2D eigenvalue weighted by Gasteiger charge is -2.05. The maximum atomic E-state index is 9.00. The van der Waals surface area contributed by atoms with Crippen LogP contribution in [0.25, 0.3) is 0 Å². The lowest BCUT2D eigenvalue weighted by molar-refractivity contribution is 1.11. The highest BCUT2D eigenvalue weighted by Crippen LogP contribution is 2.29. The fraction of sp³-hybridized carbons (Fsp3) is 0.133. The maximum absolute atomic E-state index is 9.00. The molecular weight excluding hydrogens is 353 g/mol. The van der Waals surface area contributed by atoms with Gasteiger partial charge in [0.15, 0.2) is 0 Å². The lowest BCUT2D eigenvalue weighted by atomic mass is 10.1. The third-order valence-electron chi connectivity index (χ3n) is 2.63. The molecule has 0 aliphatic carbocycles. The van der Waals surface area contributed by atoms with Gasteiger partial charge in [-0.05, 0) is 77.0 Å². The second-order valence-corrected chi connectivity index (χ2v) is 6.23. The molecule has 18 heavy (non-hydrogen) atoms. The van der Waals surface area contributed by atoms with Crippen LogP contribution in [0.4, 0.5) is 0 Å². The molecule has 90 valence electrons. The summed E-state index contributed by atoms with van der Waals surface area (Å²) < 4.78 is 1.24. The largest absolute Gasteiger partial charge is 0.192 e. The number of hydrogen-bond donors (Lipinski definition) is 0. The average molecular weight is 365 g/mol. The number of nitrogens with zero attached hydrogens (tertiary/aromatic N) is 1. The Labute approximate surface area is 125 Å². The summed E-state index contributed by atoms with van der Waals surface area (Å²) in [6.45, 7) is 2.08. The van der Waals surface area contributed by atoms with E-state index in [0.29, 0.717) is 0 Å². The average Bonchev–Trinajstić information content (AvgIpc) is 2.41. The molecule has 0 fully saturated rings. The number of benzene rings is 2. The fourth-order valence-electron chi connectivity index (χ4n) is 1.67. The van der Waals surface area contributed by atoms with Crippen molar-refractivity contribution in [2.45, 2.75) is 23.1 Å². The third kappa shape index (κ3) is 3.27. The number of halogens is 1. The first-order chi connectivity index (χ1) is 8.72. The molecule has 0 aliphatic rings. The molecule has 1 nitrogen and oxygen atoms in total. The molecule has 2 aromatic rings. The van der Waals surface area contributed by atoms with Crippen molar-refractivity contribution in [1.29, 1.82) is 5.26 Å². The predicted octanol–water partition coefficient (Wildman–Crippen LogP) is 4.88. The van der Waals surface area contributed by atoms with Crippen molar-refractivity contribution in [1.82, 2.24) is 0 Å². The van der Waals surface area contributed by atoms with Crippen LogP contribution in [0.1, 0.15) is 18.1 Å². The number of rotatable bonds is 3. The maximum Gasteiger partial charge on any atom is 0.0994 e. The van der Waals surface area contributed by atoms with Crippen LogP contribution in [0.5, 0.6) is 0 Å². The number of nitriles is 1. The van der Waals surface area contributed by atoms with Gasteiger partial charge < -0.3 is 0 Å². The molecule has 0 bridgehead atoms. The summed E-state index contributed by atoms with van der Waals surface area (Å²) in [4.78, 5) is 2.41. The standard InChI is InChI=1S/C15H12INS/c1-2-11-9-15(6-3-12(11)10-17)18-14-7-4-13(16)5-8-14/h3-9H,2H2,1H3. The van der Waals surface area contributed by atoms with Gasteiger partial charge in [0.1, 0.15) is 0 Å². The summed E-state index contributed by atoms with van der Waals surface area (Å²) in [5.41, 5.74) is 1.90. The van der Waals surface area contributed by atoms with E-state index in [4.69, 9.17) is 5.26 Å². The van der Waals surface area contributed by atoms with Crippen molar-refractivity contribution in [2.24, 2.45) is 0 Å². The highest BCUT2D eigenvalue weighted by Gasteiger charge is 2.03. The first kappa shape index (κ1) is 13.4. The van der Waals surface area contributed by atoms with Crippen LogP contribution < -0.4 is 0 Å². The van der Waals surface area contributed by atoms with Gasteiger partial charge >= 0.3 is 0 Å². The Hall–Kier alpha value is -0.990. The molecule has 0 heterocycles. The minimum atomic E-state index is 0.782. The van der Waals surface area contributed by atoms with Crippen LogP contribution in [0.3, 0.4) is 0 Å². The second kappa shape index (κ2) is 6.26. The summed E-state index contributed by atoms with van der Waals surface area (Å²) in [6, 6.07) is 16.7. The van der Waals surface area contributed by atoms with Crippen LogP contribution in [0.15, 0.2) is 52.3 Å². The van der Waals surface area contributed by atoms with Gasteiger partial charge in [0.2, 0.25) is 0 Å². The van der Waals surface area contributed by atoms with E-state index in [0.717, 1.165) is 17.5 Å². The van der Waals surface area contributed by atoms with Crippen molar-refractivity contribution in [3.63, 3.8) is 0 Å². The van der Waals surface area contributed by atoms with Crippen LogP contribution >= 0.6 is 34.4 Å². The zero-order chi connectivity index (χ0) is 13.0. The Balaban J connectivity index is 2.25. The normalized spacial score (nSPS) is 10.1. The zero-order valence-corrected chi connectivity index (χ0v) is 13.0. The van der Waals surface area contributed by atoms with E-state index >= 15 is 0 Å². The monoisotopic (exact) mass is 365 g/mol. The molecule has 0 spiro atoms. The summed E-state index contributed by atoms with van der Waals surface area (Å²) in [5, 5.41) is 9.00. The van der Waals surface area contributed by atoms with Crippen molar-refractivity contribution in [2.75, 3.05) is 0 Å². The molecule has 3 heteroatoms. The van der Waals surface area contributed by atoms with Gasteiger partial charge in [0, 0.05) is 13.4 Å². The molecule has 0 N–H and O–H groups in total. The highest BCUT2D eigenvalue weighted by atomic mass is 127. The van der Waals surface area contributed by atoms with E-state index in [1.54, 1.807) is 11.8 Å². The third-order valence-corrected chi connectivity index (χ3v) is 4.34. The fourth-order valence-corrected chi connectivity index (χ4v) is 2.92. The molecule has 0 unspecified atom stereocenters. The van der Waals surface area contributed by atoms with Gasteiger partial charge in [0.05, 0.1) is 11.6 Å². The lowest BCUT2D eigenvalue weighted by Crippen LogP contribution is -1.87. The van der Waals surface area contributed by atoms with Crippen molar-refractivity contribution >= 4 is 34.4 Å². The van der Waals surface area contributed by atoms with Crippen LogP contribution in [-0.2, 0) is 6.42 Å². The quantitative estimate of drug-likeness (QED) is 0.724. The summed E-state index contributed by atoms with van der Waals surface area (Å²) in [6.07, 6.45) is 0.893. The first-order valence-corrected chi connectivity index (χ1v) is 7.59. The predicted molar refractivity (Wildman–Crippen MR) is 83.8 cm³/mol. The SMILES string of the molecule is CCc1cc(Sc2ccc(I)cc2)ccc1C#N. The van der Waals surface area contributed by atoms with E-state index in [1.807, 2.05) is 12.1 Å². The Morgan fingerprint density at radius 2 is 1.78 bits per heavy atom. The topological polar surface area (TPSA) is 23.8 Å². The van der Waals surface area contributed by atoms with E-state index in [2.05, 4.69) is 65.9 Å². The first-order valence-electron chi connectivity index (χ1n) is 5.69. The molecule has 0 saturated carbocycles. The van der Waals surface area contributed by atoms with Gasteiger partial charge in [0.25, 0.3) is 0 Å². The minimum absolute atomic E-state index is 0.782. The Bertz CT molecular complexity index is 584. The second-order valence-electron chi connectivity index (χ2n) is 3.84. The Kier molecular flexibility index (Phi) is 4.67. The Morgan fingerprint density at radius 3 is 2.39 bits per heavy atom. The van der Waals surface area contributed by atoms with Gasteiger partial charge in [-0.1, -0.05) is 18.7 Å². The number of aryl methyl sites for hydroxylation is 1. The van der Waals surface area contributed by atoms with Crippen LogP contribution in [0, 0.1) is 14.9 Å². The molecule has 2 rings (SSSR count). The summed E-state index contributed by atoms with van der Waals surface area (Å²) in [5.74, 6) is 0. The summed E-state index contributed by atoms with van der Waals surface area (Å²) >= 11 is 4.04. The molecule has 0 saturated heterocycles.